The van der Waals surface area contributed by atoms with E-state index in [1.807, 2.05) is 55.5 Å². The number of hydrogen-bond acceptors (Lipinski definition) is 2. The minimum atomic E-state index is -0.368. The van der Waals surface area contributed by atoms with Gasteiger partial charge in [0.05, 0.1) is 5.41 Å². The van der Waals surface area contributed by atoms with E-state index in [4.69, 9.17) is 0 Å². The zero-order valence-electron chi connectivity index (χ0n) is 11.6. The predicted molar refractivity (Wildman–Crippen MR) is 79.6 cm³/mol. The van der Waals surface area contributed by atoms with Gasteiger partial charge in [0.25, 0.3) is 0 Å². The molecular formula is C17H18N2O. The number of benzene rings is 1. The summed E-state index contributed by atoms with van der Waals surface area (Å²) in [5, 5.41) is 2.97. The van der Waals surface area contributed by atoms with E-state index >= 15 is 0 Å². The standard InChI is InChI=1S/C17H18N2O/c1-13-7-5-10-15(18-13)19-16(20)17(11-6-12-17)14-8-3-2-4-9-14/h2-5,7-10H,6,11-12H2,1H3,(H,18,19,20). The molecule has 1 aromatic heterocycles. The lowest BCUT2D eigenvalue weighted by atomic mass is 9.64. The van der Waals surface area contributed by atoms with Gasteiger partial charge in [-0.2, -0.15) is 0 Å². The normalized spacial score (nSPS) is 16.2. The van der Waals surface area contributed by atoms with Crippen LogP contribution >= 0.6 is 0 Å². The third-order valence-corrected chi connectivity index (χ3v) is 4.10. The molecule has 2 aromatic rings. The minimum Gasteiger partial charge on any atom is -0.310 e. The summed E-state index contributed by atoms with van der Waals surface area (Å²) in [5.41, 5.74) is 1.65. The fourth-order valence-corrected chi connectivity index (χ4v) is 2.78. The first kappa shape index (κ1) is 12.9. The van der Waals surface area contributed by atoms with Gasteiger partial charge in [0.1, 0.15) is 5.82 Å². The highest BCUT2D eigenvalue weighted by Crippen LogP contribution is 2.44. The van der Waals surface area contributed by atoms with Gasteiger partial charge in [-0.3, -0.25) is 4.79 Å². The summed E-state index contributed by atoms with van der Waals surface area (Å²) in [7, 11) is 0. The molecule has 0 spiro atoms. The molecule has 3 rings (SSSR count). The van der Waals surface area contributed by atoms with Crippen LogP contribution in [0.3, 0.4) is 0 Å². The van der Waals surface area contributed by atoms with Gasteiger partial charge >= 0.3 is 0 Å². The highest BCUT2D eigenvalue weighted by molar-refractivity contribution is 5.99. The largest absolute Gasteiger partial charge is 0.310 e. The number of nitrogens with zero attached hydrogens (tertiary/aromatic N) is 1. The molecule has 1 N–H and O–H groups in total. The SMILES string of the molecule is Cc1cccc(NC(=O)C2(c3ccccc3)CCC2)n1. The number of aryl methyl sites for hydroxylation is 1. The molecule has 1 fully saturated rings. The van der Waals surface area contributed by atoms with Gasteiger partial charge in [-0.1, -0.05) is 42.8 Å². The van der Waals surface area contributed by atoms with Crippen molar-refractivity contribution >= 4 is 11.7 Å². The first-order valence-corrected chi connectivity index (χ1v) is 7.01. The van der Waals surface area contributed by atoms with Crippen molar-refractivity contribution in [3.8, 4) is 0 Å². The number of nitrogens with one attached hydrogen (secondary N) is 1. The van der Waals surface area contributed by atoms with Crippen LogP contribution in [0, 0.1) is 6.92 Å². The van der Waals surface area contributed by atoms with E-state index in [0.29, 0.717) is 5.82 Å². The van der Waals surface area contributed by atoms with Crippen molar-refractivity contribution in [2.45, 2.75) is 31.6 Å². The molecule has 1 aliphatic rings. The fraction of sp³-hybridized carbons (Fsp3) is 0.294. The number of carbonyl (C=O) groups excluding carboxylic acids is 1. The van der Waals surface area contributed by atoms with Crippen LogP contribution in [0.4, 0.5) is 5.82 Å². The monoisotopic (exact) mass is 266 g/mol. The van der Waals surface area contributed by atoms with Gasteiger partial charge in [0, 0.05) is 5.69 Å². The Morgan fingerprint density at radius 1 is 1.10 bits per heavy atom. The van der Waals surface area contributed by atoms with Crippen molar-refractivity contribution in [2.24, 2.45) is 0 Å². The lowest BCUT2D eigenvalue weighted by Crippen LogP contribution is -2.46. The zero-order chi connectivity index (χ0) is 14.0. The molecule has 1 heterocycles. The smallest absolute Gasteiger partial charge is 0.236 e. The summed E-state index contributed by atoms with van der Waals surface area (Å²) in [6, 6.07) is 15.7. The number of pyridine rings is 1. The van der Waals surface area contributed by atoms with Crippen LogP contribution in [-0.4, -0.2) is 10.9 Å². The van der Waals surface area contributed by atoms with Crippen LogP contribution < -0.4 is 5.32 Å². The molecule has 102 valence electrons. The average molecular weight is 266 g/mol. The molecule has 0 aliphatic heterocycles. The maximum atomic E-state index is 12.7. The molecule has 1 amide bonds. The molecule has 3 nitrogen and oxygen atoms in total. The van der Waals surface area contributed by atoms with Crippen molar-refractivity contribution in [1.29, 1.82) is 0 Å². The lowest BCUT2D eigenvalue weighted by molar-refractivity contribution is -0.124. The lowest BCUT2D eigenvalue weighted by Gasteiger charge is -2.40. The van der Waals surface area contributed by atoms with Crippen LogP contribution in [0.5, 0.6) is 0 Å². The average Bonchev–Trinajstić information content (AvgIpc) is 2.38. The topological polar surface area (TPSA) is 42.0 Å². The third-order valence-electron chi connectivity index (χ3n) is 4.10. The van der Waals surface area contributed by atoms with Crippen molar-refractivity contribution in [3.05, 3.63) is 59.8 Å². The van der Waals surface area contributed by atoms with E-state index in [2.05, 4.69) is 10.3 Å². The maximum absolute atomic E-state index is 12.7. The fourth-order valence-electron chi connectivity index (χ4n) is 2.78. The Bertz CT molecular complexity index is 618. The molecule has 1 saturated carbocycles. The number of anilines is 1. The van der Waals surface area contributed by atoms with Gasteiger partial charge < -0.3 is 5.32 Å². The Morgan fingerprint density at radius 2 is 1.85 bits per heavy atom. The van der Waals surface area contributed by atoms with Gasteiger partial charge in [-0.05, 0) is 37.5 Å². The summed E-state index contributed by atoms with van der Waals surface area (Å²) in [6.45, 7) is 1.92. The molecule has 0 radical (unpaired) electrons. The van der Waals surface area contributed by atoms with E-state index in [1.54, 1.807) is 0 Å². The third kappa shape index (κ3) is 2.20. The number of rotatable bonds is 3. The molecule has 1 aliphatic carbocycles. The molecule has 0 unspecified atom stereocenters. The van der Waals surface area contributed by atoms with Crippen molar-refractivity contribution in [1.82, 2.24) is 4.98 Å². The first-order chi connectivity index (χ1) is 9.71. The number of hydrogen-bond donors (Lipinski definition) is 1. The summed E-state index contributed by atoms with van der Waals surface area (Å²) in [4.78, 5) is 17.0. The van der Waals surface area contributed by atoms with Gasteiger partial charge in [-0.15, -0.1) is 0 Å². The van der Waals surface area contributed by atoms with Crippen LogP contribution in [0.1, 0.15) is 30.5 Å². The summed E-state index contributed by atoms with van der Waals surface area (Å²) < 4.78 is 0. The molecular weight excluding hydrogens is 248 g/mol. The zero-order valence-corrected chi connectivity index (χ0v) is 11.6. The predicted octanol–water partition coefficient (Wildman–Crippen LogP) is 3.45. The van der Waals surface area contributed by atoms with Crippen LogP contribution in [0.25, 0.3) is 0 Å². The van der Waals surface area contributed by atoms with E-state index in [1.165, 1.54) is 0 Å². The molecule has 0 bridgehead atoms. The summed E-state index contributed by atoms with van der Waals surface area (Å²) >= 11 is 0. The maximum Gasteiger partial charge on any atom is 0.236 e. The minimum absolute atomic E-state index is 0.0630. The Morgan fingerprint density at radius 3 is 2.45 bits per heavy atom. The molecule has 0 atom stereocenters. The van der Waals surface area contributed by atoms with E-state index < -0.39 is 0 Å². The van der Waals surface area contributed by atoms with Gasteiger partial charge in [-0.25, -0.2) is 4.98 Å². The molecule has 1 aromatic carbocycles. The highest BCUT2D eigenvalue weighted by atomic mass is 16.2. The Hall–Kier alpha value is -2.16. The van der Waals surface area contributed by atoms with Gasteiger partial charge in [0.2, 0.25) is 5.91 Å². The van der Waals surface area contributed by atoms with E-state index in [0.717, 1.165) is 30.5 Å². The Balaban J connectivity index is 1.85. The number of aromatic nitrogens is 1. The second-order valence-electron chi connectivity index (χ2n) is 5.42. The second-order valence-corrected chi connectivity index (χ2v) is 5.42. The number of amides is 1. The number of carbonyl (C=O) groups is 1. The first-order valence-electron chi connectivity index (χ1n) is 7.01. The molecule has 3 heteroatoms. The van der Waals surface area contributed by atoms with E-state index in [9.17, 15) is 4.79 Å². The highest BCUT2D eigenvalue weighted by Gasteiger charge is 2.45. The van der Waals surface area contributed by atoms with Gasteiger partial charge in [0.15, 0.2) is 0 Å². The Kier molecular flexibility index (Phi) is 3.26. The van der Waals surface area contributed by atoms with Crippen molar-refractivity contribution in [2.75, 3.05) is 5.32 Å². The van der Waals surface area contributed by atoms with Crippen molar-refractivity contribution in [3.63, 3.8) is 0 Å². The second kappa shape index (κ2) is 5.08. The summed E-state index contributed by atoms with van der Waals surface area (Å²) in [6.07, 6.45) is 2.92. The Labute approximate surface area is 119 Å². The van der Waals surface area contributed by atoms with Crippen LogP contribution in [0.2, 0.25) is 0 Å². The molecule has 0 saturated heterocycles. The quantitative estimate of drug-likeness (QED) is 0.924. The molecule has 20 heavy (non-hydrogen) atoms. The van der Waals surface area contributed by atoms with Crippen molar-refractivity contribution < 1.29 is 4.79 Å². The van der Waals surface area contributed by atoms with E-state index in [-0.39, 0.29) is 11.3 Å². The summed E-state index contributed by atoms with van der Waals surface area (Å²) in [5.74, 6) is 0.699. The van der Waals surface area contributed by atoms with Crippen LogP contribution in [-0.2, 0) is 10.2 Å². The van der Waals surface area contributed by atoms with Crippen LogP contribution in [0.15, 0.2) is 48.5 Å².